The minimum absolute atomic E-state index is 0.0325. The number of hydrogen-bond acceptors (Lipinski definition) is 4. The molecule has 0 aliphatic carbocycles. The molecule has 7 rings (SSSR count). The largest absolute Gasteiger partial charge is 0.401 e. The maximum Gasteiger partial charge on any atom is 0.282 e. The maximum absolute atomic E-state index is 16.8. The fourth-order valence-electron chi connectivity index (χ4n) is 8.66. The average Bonchev–Trinajstić information content (AvgIpc) is 3.48. The van der Waals surface area contributed by atoms with Gasteiger partial charge in [0.05, 0.1) is 31.9 Å². The summed E-state index contributed by atoms with van der Waals surface area (Å²) in [6.45, 7) is 7.83. The average molecular weight is 761 g/mol. The molecule has 4 aromatic carbocycles. The van der Waals surface area contributed by atoms with E-state index in [1.54, 1.807) is 4.90 Å². The molecule has 1 fully saturated rings. The van der Waals surface area contributed by atoms with Gasteiger partial charge in [0.1, 0.15) is 11.6 Å². The van der Waals surface area contributed by atoms with Crippen molar-refractivity contribution >= 4 is 35.3 Å². The van der Waals surface area contributed by atoms with E-state index in [0.717, 1.165) is 27.0 Å². The van der Waals surface area contributed by atoms with E-state index in [4.69, 9.17) is 4.43 Å². The van der Waals surface area contributed by atoms with E-state index in [1.165, 1.54) is 12.1 Å². The van der Waals surface area contributed by atoms with Crippen molar-refractivity contribution in [1.82, 2.24) is 14.8 Å². The number of nitrogens with zero attached hydrogens (tertiary/aromatic N) is 2. The molecule has 0 radical (unpaired) electrons. The van der Waals surface area contributed by atoms with Gasteiger partial charge in [-0.2, -0.15) is 0 Å². The lowest BCUT2D eigenvalue weighted by Gasteiger charge is -2.45. The first kappa shape index (κ1) is 38.2. The van der Waals surface area contributed by atoms with Crippen molar-refractivity contribution in [3.05, 3.63) is 126 Å². The minimum atomic E-state index is -3.39. The van der Waals surface area contributed by atoms with Crippen molar-refractivity contribution in [1.29, 1.82) is 0 Å². The number of aromatic amines is 1. The summed E-state index contributed by atoms with van der Waals surface area (Å²) in [5, 5.41) is 5.20. The molecule has 2 aliphatic rings. The zero-order valence-corrected chi connectivity index (χ0v) is 32.3. The maximum atomic E-state index is 16.8. The first-order valence-electron chi connectivity index (χ1n) is 18.8. The van der Waals surface area contributed by atoms with Crippen molar-refractivity contribution in [2.24, 2.45) is 0 Å². The summed E-state index contributed by atoms with van der Waals surface area (Å²) in [4.78, 5) is 7.05. The second kappa shape index (κ2) is 15.2. The van der Waals surface area contributed by atoms with Gasteiger partial charge in [0.2, 0.25) is 0 Å². The second-order valence-electron chi connectivity index (χ2n) is 16.0. The van der Waals surface area contributed by atoms with Crippen molar-refractivity contribution in [3.63, 3.8) is 0 Å². The molecule has 5 nitrogen and oxygen atoms in total. The lowest BCUT2D eigenvalue weighted by Crippen LogP contribution is -2.67. The number of anilines is 1. The number of alkyl halides is 3. The van der Waals surface area contributed by atoms with E-state index in [2.05, 4.69) is 15.2 Å². The van der Waals surface area contributed by atoms with Crippen LogP contribution < -0.4 is 15.7 Å². The Morgan fingerprint density at radius 3 is 2.04 bits per heavy atom. The quantitative estimate of drug-likeness (QED) is 0.0935. The van der Waals surface area contributed by atoms with E-state index in [1.807, 2.05) is 113 Å². The molecule has 0 saturated carbocycles. The highest BCUT2D eigenvalue weighted by molar-refractivity contribution is 6.99. The molecule has 54 heavy (non-hydrogen) atoms. The standard InChI is InChI=1S/C43H49F5N4OSi/c1-29-22-38-39(34-18-11-12-19-37(34)50-38)41(40-35(45)23-30(24-36(40)46)49-31-25-51(26-31)21-13-20-44)52(29)27-43(47,48)28-53-54(42(2,3)4,32-14-7-5-8-15-32)33-16-9-6-10-17-33/h5-12,14-19,23-24,29,31,41,49-50H,13,20-22,25-28H2,1-4H3. The molecule has 5 aromatic rings. The third-order valence-corrected chi connectivity index (χ3v) is 16.1. The van der Waals surface area contributed by atoms with Crippen LogP contribution in [0.25, 0.3) is 10.9 Å². The van der Waals surface area contributed by atoms with E-state index in [9.17, 15) is 4.39 Å². The molecular weight excluding hydrogens is 712 g/mol. The van der Waals surface area contributed by atoms with Crippen LogP contribution in [0, 0.1) is 11.6 Å². The van der Waals surface area contributed by atoms with Crippen LogP contribution in [0.5, 0.6) is 0 Å². The zero-order chi connectivity index (χ0) is 38.3. The van der Waals surface area contributed by atoms with Crippen LogP contribution in [0.3, 0.4) is 0 Å². The van der Waals surface area contributed by atoms with Crippen LogP contribution in [-0.4, -0.2) is 80.6 Å². The fraction of sp³-hybridized carbons (Fsp3) is 0.395. The first-order valence-corrected chi connectivity index (χ1v) is 20.7. The van der Waals surface area contributed by atoms with Gasteiger partial charge in [0.15, 0.2) is 0 Å². The molecule has 1 aromatic heterocycles. The molecule has 2 aliphatic heterocycles. The van der Waals surface area contributed by atoms with Crippen LogP contribution in [0.2, 0.25) is 5.04 Å². The van der Waals surface area contributed by atoms with Crippen molar-refractivity contribution in [3.8, 4) is 0 Å². The zero-order valence-electron chi connectivity index (χ0n) is 31.3. The molecule has 3 heterocycles. The molecule has 286 valence electrons. The Hall–Kier alpha value is -4.03. The minimum Gasteiger partial charge on any atom is -0.401 e. The highest BCUT2D eigenvalue weighted by Crippen LogP contribution is 2.45. The molecule has 0 bridgehead atoms. The molecule has 1 saturated heterocycles. The summed E-state index contributed by atoms with van der Waals surface area (Å²) < 4.78 is 85.9. The Morgan fingerprint density at radius 2 is 1.44 bits per heavy atom. The molecule has 0 spiro atoms. The number of likely N-dealkylation sites (tertiary alicyclic amines) is 1. The number of aromatic nitrogens is 1. The fourth-order valence-corrected chi connectivity index (χ4v) is 13.2. The third kappa shape index (κ3) is 7.35. The van der Waals surface area contributed by atoms with Crippen LogP contribution in [0.15, 0.2) is 97.1 Å². The monoisotopic (exact) mass is 760 g/mol. The normalized spacial score (nSPS) is 18.8. The predicted octanol–water partition coefficient (Wildman–Crippen LogP) is 8.45. The van der Waals surface area contributed by atoms with Gasteiger partial charge in [0, 0.05) is 65.5 Å². The van der Waals surface area contributed by atoms with Gasteiger partial charge in [-0.1, -0.05) is 99.6 Å². The summed E-state index contributed by atoms with van der Waals surface area (Å²) in [5.41, 5.74) is 2.18. The SMILES string of the molecule is CC1Cc2[nH]c3ccccc3c2C(c2c(F)cc(NC3CN(CCCF)C3)cc2F)N1CC(F)(F)CO[Si](c1ccccc1)(c1ccccc1)C(C)(C)C. The second-order valence-corrected chi connectivity index (χ2v) is 20.3. The number of rotatable bonds is 13. The smallest absolute Gasteiger partial charge is 0.282 e. The van der Waals surface area contributed by atoms with Gasteiger partial charge in [0.25, 0.3) is 14.2 Å². The lowest BCUT2D eigenvalue weighted by atomic mass is 9.86. The van der Waals surface area contributed by atoms with Gasteiger partial charge in [-0.3, -0.25) is 14.2 Å². The summed E-state index contributed by atoms with van der Waals surface area (Å²) >= 11 is 0. The van der Waals surface area contributed by atoms with Gasteiger partial charge in [-0.25, -0.2) is 17.6 Å². The van der Waals surface area contributed by atoms with E-state index >= 15 is 17.6 Å². The Balaban J connectivity index is 1.23. The van der Waals surface area contributed by atoms with Gasteiger partial charge < -0.3 is 14.7 Å². The summed E-state index contributed by atoms with van der Waals surface area (Å²) in [5.74, 6) is -5.01. The molecule has 2 unspecified atom stereocenters. The van der Waals surface area contributed by atoms with E-state index < -0.39 is 56.1 Å². The van der Waals surface area contributed by atoms with Gasteiger partial charge in [-0.05, 0) is 47.0 Å². The molecule has 2 atom stereocenters. The number of H-pyrrole nitrogens is 1. The Morgan fingerprint density at radius 1 is 0.852 bits per heavy atom. The van der Waals surface area contributed by atoms with Crippen molar-refractivity contribution in [2.75, 3.05) is 44.8 Å². The summed E-state index contributed by atoms with van der Waals surface area (Å²) in [7, 11) is -3.30. The topological polar surface area (TPSA) is 43.5 Å². The van der Waals surface area contributed by atoms with Gasteiger partial charge in [-0.15, -0.1) is 0 Å². The molecule has 2 N–H and O–H groups in total. The van der Waals surface area contributed by atoms with Gasteiger partial charge >= 0.3 is 0 Å². The van der Waals surface area contributed by atoms with Crippen molar-refractivity contribution in [2.45, 2.75) is 69.6 Å². The first-order chi connectivity index (χ1) is 25.8. The number of hydrogen-bond donors (Lipinski definition) is 2. The third-order valence-electron chi connectivity index (χ3n) is 11.1. The predicted molar refractivity (Wildman–Crippen MR) is 209 cm³/mol. The van der Waals surface area contributed by atoms with Crippen LogP contribution >= 0.6 is 0 Å². The molecule has 0 amide bonds. The summed E-state index contributed by atoms with van der Waals surface area (Å²) in [6, 6.07) is 27.6. The Kier molecular flexibility index (Phi) is 10.8. The molecular formula is C43H49F5N4OSi. The number of para-hydroxylation sites is 1. The van der Waals surface area contributed by atoms with Crippen LogP contribution in [-0.2, 0) is 10.8 Å². The van der Waals surface area contributed by atoms with Crippen molar-refractivity contribution < 1.29 is 26.4 Å². The lowest BCUT2D eigenvalue weighted by molar-refractivity contribution is -0.0823. The van der Waals surface area contributed by atoms with Crippen LogP contribution in [0.4, 0.5) is 27.6 Å². The number of benzene rings is 4. The number of nitrogens with one attached hydrogen (secondary N) is 2. The van der Waals surface area contributed by atoms with E-state index in [0.29, 0.717) is 38.0 Å². The van der Waals surface area contributed by atoms with Crippen LogP contribution in [0.1, 0.15) is 57.0 Å². The summed E-state index contributed by atoms with van der Waals surface area (Å²) in [6.07, 6.45) is 0.844. The number of halogens is 5. The highest BCUT2D eigenvalue weighted by Gasteiger charge is 2.52. The molecule has 11 heteroatoms. The Bertz CT molecular complexity index is 1990. The number of fused-ring (bicyclic) bond motifs is 3. The Labute approximate surface area is 315 Å². The van der Waals surface area contributed by atoms with E-state index in [-0.39, 0.29) is 24.0 Å². The highest BCUT2D eigenvalue weighted by atomic mass is 28.4.